The van der Waals surface area contributed by atoms with E-state index >= 15 is 0 Å². The maximum absolute atomic E-state index is 12.6. The number of nitrogens with zero attached hydrogens (tertiary/aromatic N) is 1. The van der Waals surface area contributed by atoms with E-state index in [-0.39, 0.29) is 24.8 Å². The van der Waals surface area contributed by atoms with Gasteiger partial charge in [-0.1, -0.05) is 63.6 Å². The minimum absolute atomic E-state index is 0.153. The Bertz CT molecular complexity index is 914. The van der Waals surface area contributed by atoms with Crippen LogP contribution in [0.3, 0.4) is 0 Å². The van der Waals surface area contributed by atoms with Crippen LogP contribution in [0.1, 0.15) is 12.0 Å². The molecule has 1 saturated heterocycles. The SMILES string of the molecule is O=C(CCN1C(=O)/C(=C/c2ccc(Br)cc2)SC1=S)Nc1ccc(Cl)cc1. The molecule has 1 aliphatic heterocycles. The van der Waals surface area contributed by atoms with Crippen molar-refractivity contribution in [1.82, 2.24) is 4.90 Å². The van der Waals surface area contributed by atoms with Crippen LogP contribution >= 0.6 is 51.5 Å². The van der Waals surface area contributed by atoms with Crippen molar-refractivity contribution in [3.8, 4) is 0 Å². The third-order valence-corrected chi connectivity index (χ3v) is 5.89. The smallest absolute Gasteiger partial charge is 0.266 e. The average Bonchev–Trinajstić information content (AvgIpc) is 2.90. The first kappa shape index (κ1) is 20.1. The second-order valence-corrected chi connectivity index (χ2v) is 8.72. The van der Waals surface area contributed by atoms with Crippen molar-refractivity contribution < 1.29 is 9.59 Å². The van der Waals surface area contributed by atoms with Crippen LogP contribution in [-0.4, -0.2) is 27.6 Å². The van der Waals surface area contributed by atoms with E-state index in [1.807, 2.05) is 24.3 Å². The summed E-state index contributed by atoms with van der Waals surface area (Å²) in [7, 11) is 0. The highest BCUT2D eigenvalue weighted by molar-refractivity contribution is 9.10. The molecule has 1 fully saturated rings. The van der Waals surface area contributed by atoms with Crippen molar-refractivity contribution in [2.75, 3.05) is 11.9 Å². The molecule has 0 bridgehead atoms. The average molecular weight is 482 g/mol. The number of thiocarbonyl (C=S) groups is 1. The van der Waals surface area contributed by atoms with Gasteiger partial charge in [-0.15, -0.1) is 0 Å². The van der Waals surface area contributed by atoms with Gasteiger partial charge in [-0.25, -0.2) is 0 Å². The molecule has 138 valence electrons. The van der Waals surface area contributed by atoms with Gasteiger partial charge >= 0.3 is 0 Å². The topological polar surface area (TPSA) is 49.4 Å². The molecule has 0 spiro atoms. The molecule has 2 aromatic carbocycles. The van der Waals surface area contributed by atoms with E-state index in [2.05, 4.69) is 21.2 Å². The minimum Gasteiger partial charge on any atom is -0.326 e. The zero-order valence-electron chi connectivity index (χ0n) is 13.9. The summed E-state index contributed by atoms with van der Waals surface area (Å²) in [5.41, 5.74) is 1.57. The molecule has 1 heterocycles. The molecule has 8 heteroatoms. The molecule has 0 aromatic heterocycles. The number of carbonyl (C=O) groups is 2. The van der Waals surface area contributed by atoms with E-state index in [0.717, 1.165) is 10.0 Å². The van der Waals surface area contributed by atoms with E-state index in [4.69, 9.17) is 23.8 Å². The Morgan fingerprint density at radius 3 is 2.52 bits per heavy atom. The van der Waals surface area contributed by atoms with Crippen LogP contribution < -0.4 is 5.32 Å². The van der Waals surface area contributed by atoms with E-state index < -0.39 is 0 Å². The van der Waals surface area contributed by atoms with Crippen LogP contribution in [0, 0.1) is 0 Å². The molecule has 4 nitrogen and oxygen atoms in total. The quantitative estimate of drug-likeness (QED) is 0.463. The zero-order valence-corrected chi connectivity index (χ0v) is 17.9. The molecule has 1 N–H and O–H groups in total. The second-order valence-electron chi connectivity index (χ2n) is 5.69. The summed E-state index contributed by atoms with van der Waals surface area (Å²) in [5.74, 6) is -0.365. The summed E-state index contributed by atoms with van der Waals surface area (Å²) in [6.45, 7) is 0.238. The van der Waals surface area contributed by atoms with Crippen LogP contribution in [-0.2, 0) is 9.59 Å². The second kappa shape index (κ2) is 9.01. The van der Waals surface area contributed by atoms with Crippen molar-refractivity contribution in [2.45, 2.75) is 6.42 Å². The Labute approximate surface area is 180 Å². The van der Waals surface area contributed by atoms with Gasteiger partial charge in [0.2, 0.25) is 5.91 Å². The first-order valence-electron chi connectivity index (χ1n) is 7.99. The molecule has 2 aromatic rings. The molecule has 3 rings (SSSR count). The lowest BCUT2D eigenvalue weighted by Gasteiger charge is -2.14. The maximum atomic E-state index is 12.6. The molecular weight excluding hydrogens is 468 g/mol. The Hall–Kier alpha value is -1.67. The van der Waals surface area contributed by atoms with Gasteiger partial charge in [0.05, 0.1) is 4.91 Å². The fourth-order valence-corrected chi connectivity index (χ4v) is 4.07. The lowest BCUT2D eigenvalue weighted by molar-refractivity contribution is -0.122. The first-order valence-corrected chi connectivity index (χ1v) is 10.4. The number of amides is 2. The van der Waals surface area contributed by atoms with Crippen LogP contribution in [0.4, 0.5) is 5.69 Å². The maximum Gasteiger partial charge on any atom is 0.266 e. The highest BCUT2D eigenvalue weighted by atomic mass is 79.9. The highest BCUT2D eigenvalue weighted by Gasteiger charge is 2.32. The predicted molar refractivity (Wildman–Crippen MR) is 119 cm³/mol. The van der Waals surface area contributed by atoms with E-state index in [1.165, 1.54) is 16.7 Å². The number of thioether (sulfide) groups is 1. The molecule has 27 heavy (non-hydrogen) atoms. The van der Waals surface area contributed by atoms with E-state index in [0.29, 0.717) is 19.9 Å². The number of rotatable bonds is 5. The van der Waals surface area contributed by atoms with Crippen LogP contribution in [0.25, 0.3) is 6.08 Å². The van der Waals surface area contributed by atoms with E-state index in [9.17, 15) is 9.59 Å². The Morgan fingerprint density at radius 1 is 1.19 bits per heavy atom. The highest BCUT2D eigenvalue weighted by Crippen LogP contribution is 2.32. The number of carbonyl (C=O) groups excluding carboxylic acids is 2. The Morgan fingerprint density at radius 2 is 1.85 bits per heavy atom. The number of anilines is 1. The van der Waals surface area contributed by atoms with Crippen molar-refractivity contribution in [2.24, 2.45) is 0 Å². The van der Waals surface area contributed by atoms with Crippen LogP contribution in [0.2, 0.25) is 5.02 Å². The monoisotopic (exact) mass is 480 g/mol. The number of hydrogen-bond acceptors (Lipinski definition) is 4. The lowest BCUT2D eigenvalue weighted by atomic mass is 10.2. The number of halogens is 2. The van der Waals surface area contributed by atoms with Gasteiger partial charge in [0.25, 0.3) is 5.91 Å². The Kier molecular flexibility index (Phi) is 6.70. The summed E-state index contributed by atoms with van der Waals surface area (Å²) in [4.78, 5) is 26.7. The van der Waals surface area contributed by atoms with Gasteiger partial charge in [-0.3, -0.25) is 14.5 Å². The van der Waals surface area contributed by atoms with Crippen molar-refractivity contribution in [3.63, 3.8) is 0 Å². The van der Waals surface area contributed by atoms with Gasteiger partial charge < -0.3 is 5.32 Å². The molecule has 0 aliphatic carbocycles. The molecule has 0 atom stereocenters. The summed E-state index contributed by atoms with van der Waals surface area (Å²) in [6.07, 6.45) is 1.96. The summed E-state index contributed by atoms with van der Waals surface area (Å²) in [5, 5.41) is 3.37. The number of hydrogen-bond donors (Lipinski definition) is 1. The van der Waals surface area contributed by atoms with Gasteiger partial charge in [0.15, 0.2) is 0 Å². The van der Waals surface area contributed by atoms with Crippen molar-refractivity contribution in [3.05, 3.63) is 68.5 Å². The number of nitrogens with one attached hydrogen (secondary N) is 1. The standard InChI is InChI=1S/C19H14BrClN2O2S2/c20-13-3-1-12(2-4-13)11-16-18(25)23(19(26)27-16)10-9-17(24)22-15-7-5-14(21)6-8-15/h1-8,11H,9-10H2,(H,22,24)/b16-11-. The van der Waals surface area contributed by atoms with Gasteiger partial charge in [-0.2, -0.15) is 0 Å². The van der Waals surface area contributed by atoms with Crippen molar-refractivity contribution >= 4 is 79.4 Å². The molecule has 1 aliphatic rings. The minimum atomic E-state index is -0.191. The molecule has 0 radical (unpaired) electrons. The molecule has 0 saturated carbocycles. The largest absolute Gasteiger partial charge is 0.326 e. The fraction of sp³-hybridized carbons (Fsp3) is 0.105. The Balaban J connectivity index is 1.59. The van der Waals surface area contributed by atoms with Crippen molar-refractivity contribution in [1.29, 1.82) is 0 Å². The number of benzene rings is 2. The summed E-state index contributed by atoms with van der Waals surface area (Å²) in [6, 6.07) is 14.5. The summed E-state index contributed by atoms with van der Waals surface area (Å²) >= 11 is 15.8. The van der Waals surface area contributed by atoms with Crippen LogP contribution in [0.15, 0.2) is 57.9 Å². The lowest BCUT2D eigenvalue weighted by Crippen LogP contribution is -2.31. The first-order chi connectivity index (χ1) is 12.9. The predicted octanol–water partition coefficient (Wildman–Crippen LogP) is 5.33. The fourth-order valence-electron chi connectivity index (χ4n) is 2.37. The molecular formula is C19H14BrClN2O2S2. The van der Waals surface area contributed by atoms with Gasteiger partial charge in [0.1, 0.15) is 4.32 Å². The summed E-state index contributed by atoms with van der Waals surface area (Å²) < 4.78 is 1.43. The van der Waals surface area contributed by atoms with Gasteiger partial charge in [-0.05, 0) is 48.0 Å². The normalized spacial score (nSPS) is 15.5. The van der Waals surface area contributed by atoms with Crippen LogP contribution in [0.5, 0.6) is 0 Å². The van der Waals surface area contributed by atoms with Gasteiger partial charge in [0, 0.05) is 28.1 Å². The zero-order chi connectivity index (χ0) is 19.4. The van der Waals surface area contributed by atoms with E-state index in [1.54, 1.807) is 30.3 Å². The molecule has 2 amide bonds. The third kappa shape index (κ3) is 5.42. The molecule has 0 unspecified atom stereocenters. The third-order valence-electron chi connectivity index (χ3n) is 3.73.